The van der Waals surface area contributed by atoms with Crippen LogP contribution >= 0.6 is 11.8 Å². The van der Waals surface area contributed by atoms with Crippen LogP contribution in [0.1, 0.15) is 30.4 Å². The van der Waals surface area contributed by atoms with Gasteiger partial charge in [-0.3, -0.25) is 4.79 Å². The number of ether oxygens (including phenoxy) is 2. The molecule has 0 radical (unpaired) electrons. The Kier molecular flexibility index (Phi) is 5.97. The molecule has 2 aliphatic heterocycles. The number of likely N-dealkylation sites (tertiary alicyclic amines) is 1. The molecule has 2 aliphatic rings. The van der Waals surface area contributed by atoms with E-state index in [0.717, 1.165) is 31.6 Å². The van der Waals surface area contributed by atoms with Crippen LogP contribution < -0.4 is 0 Å². The van der Waals surface area contributed by atoms with E-state index in [1.54, 1.807) is 11.8 Å². The van der Waals surface area contributed by atoms with Crippen molar-refractivity contribution in [2.45, 2.75) is 44.3 Å². The highest BCUT2D eigenvalue weighted by Crippen LogP contribution is 2.25. The molecular weight excluding hydrogens is 310 g/mol. The van der Waals surface area contributed by atoms with Crippen molar-refractivity contribution in [2.24, 2.45) is 0 Å². The zero-order valence-corrected chi connectivity index (χ0v) is 14.5. The standard InChI is InChI=1S/C18H25NO3S/c1-14-5-7-15(8-6-14)12-23-13-17(20)19-9-3-2-4-16(19)18-21-10-11-22-18/h5-8,16,18H,2-4,9-13H2,1H3. The van der Waals surface area contributed by atoms with E-state index in [9.17, 15) is 4.79 Å². The average molecular weight is 335 g/mol. The predicted molar refractivity (Wildman–Crippen MR) is 92.4 cm³/mol. The molecule has 2 heterocycles. The molecule has 4 nitrogen and oxygen atoms in total. The highest BCUT2D eigenvalue weighted by atomic mass is 32.2. The fourth-order valence-electron chi connectivity index (χ4n) is 3.17. The third-order valence-corrected chi connectivity index (χ3v) is 5.43. The lowest BCUT2D eigenvalue weighted by Gasteiger charge is -2.38. The van der Waals surface area contributed by atoms with Crippen LogP contribution in [0.5, 0.6) is 0 Å². The number of amides is 1. The van der Waals surface area contributed by atoms with Crippen LogP contribution in [0.2, 0.25) is 0 Å². The fraction of sp³-hybridized carbons (Fsp3) is 0.611. The lowest BCUT2D eigenvalue weighted by atomic mass is 10.0. The van der Waals surface area contributed by atoms with E-state index in [1.807, 2.05) is 4.90 Å². The molecule has 5 heteroatoms. The number of hydrogen-bond acceptors (Lipinski definition) is 4. The van der Waals surface area contributed by atoms with E-state index in [-0.39, 0.29) is 18.2 Å². The van der Waals surface area contributed by atoms with Gasteiger partial charge < -0.3 is 14.4 Å². The Balaban J connectivity index is 1.50. The second-order valence-electron chi connectivity index (χ2n) is 6.24. The largest absolute Gasteiger partial charge is 0.348 e. The smallest absolute Gasteiger partial charge is 0.233 e. The van der Waals surface area contributed by atoms with Gasteiger partial charge in [0.15, 0.2) is 6.29 Å². The van der Waals surface area contributed by atoms with Gasteiger partial charge in [0.2, 0.25) is 5.91 Å². The van der Waals surface area contributed by atoms with Gasteiger partial charge in [0.1, 0.15) is 0 Å². The zero-order valence-electron chi connectivity index (χ0n) is 13.7. The fourth-order valence-corrected chi connectivity index (χ4v) is 4.04. The molecule has 0 spiro atoms. The van der Waals surface area contributed by atoms with Crippen molar-refractivity contribution in [1.82, 2.24) is 4.90 Å². The molecule has 1 aromatic carbocycles. The highest BCUT2D eigenvalue weighted by molar-refractivity contribution is 7.99. The molecule has 126 valence electrons. The summed E-state index contributed by atoms with van der Waals surface area (Å²) < 4.78 is 11.3. The number of benzene rings is 1. The minimum Gasteiger partial charge on any atom is -0.348 e. The van der Waals surface area contributed by atoms with Crippen molar-refractivity contribution in [3.63, 3.8) is 0 Å². The van der Waals surface area contributed by atoms with Crippen molar-refractivity contribution < 1.29 is 14.3 Å². The summed E-state index contributed by atoms with van der Waals surface area (Å²) in [6.45, 7) is 4.21. The molecule has 1 atom stereocenters. The molecule has 1 amide bonds. The maximum Gasteiger partial charge on any atom is 0.233 e. The lowest BCUT2D eigenvalue weighted by Crippen LogP contribution is -2.50. The molecule has 3 rings (SSSR count). The van der Waals surface area contributed by atoms with Gasteiger partial charge in [-0.2, -0.15) is 0 Å². The van der Waals surface area contributed by atoms with E-state index in [1.165, 1.54) is 11.1 Å². The molecule has 23 heavy (non-hydrogen) atoms. The Morgan fingerprint density at radius 2 is 1.96 bits per heavy atom. The number of rotatable bonds is 5. The normalized spacial score (nSPS) is 22.5. The molecule has 1 aromatic rings. The van der Waals surface area contributed by atoms with Gasteiger partial charge in [0, 0.05) is 12.3 Å². The topological polar surface area (TPSA) is 38.8 Å². The minimum absolute atomic E-state index is 0.0960. The quantitative estimate of drug-likeness (QED) is 0.829. The van der Waals surface area contributed by atoms with Crippen molar-refractivity contribution in [1.29, 1.82) is 0 Å². The second-order valence-corrected chi connectivity index (χ2v) is 7.22. The van der Waals surface area contributed by atoms with Crippen molar-refractivity contribution in [2.75, 3.05) is 25.5 Å². The third kappa shape index (κ3) is 4.49. The predicted octanol–water partition coefficient (Wildman–Crippen LogP) is 2.98. The number of carbonyl (C=O) groups excluding carboxylic acids is 1. The maximum atomic E-state index is 12.6. The third-order valence-electron chi connectivity index (χ3n) is 4.45. The van der Waals surface area contributed by atoms with Crippen LogP contribution in [0.4, 0.5) is 0 Å². The lowest BCUT2D eigenvalue weighted by molar-refractivity contribution is -0.148. The van der Waals surface area contributed by atoms with E-state index >= 15 is 0 Å². The van der Waals surface area contributed by atoms with Crippen LogP contribution in [0, 0.1) is 6.92 Å². The van der Waals surface area contributed by atoms with E-state index in [0.29, 0.717) is 19.0 Å². The van der Waals surface area contributed by atoms with Gasteiger partial charge >= 0.3 is 0 Å². The van der Waals surface area contributed by atoms with Crippen LogP contribution in [-0.4, -0.2) is 48.7 Å². The number of hydrogen-bond donors (Lipinski definition) is 0. The van der Waals surface area contributed by atoms with Gasteiger partial charge in [-0.25, -0.2) is 0 Å². The molecule has 0 aromatic heterocycles. The van der Waals surface area contributed by atoms with Crippen molar-refractivity contribution >= 4 is 17.7 Å². The van der Waals surface area contributed by atoms with Crippen LogP contribution in [0.25, 0.3) is 0 Å². The summed E-state index contributed by atoms with van der Waals surface area (Å²) in [5.41, 5.74) is 2.54. The van der Waals surface area contributed by atoms with E-state index in [2.05, 4.69) is 31.2 Å². The van der Waals surface area contributed by atoms with Gasteiger partial charge in [-0.1, -0.05) is 29.8 Å². The molecule has 0 saturated carbocycles. The van der Waals surface area contributed by atoms with E-state index in [4.69, 9.17) is 9.47 Å². The molecule has 2 fully saturated rings. The first-order chi connectivity index (χ1) is 11.2. The molecule has 0 N–H and O–H groups in total. The van der Waals surface area contributed by atoms with Gasteiger partial charge in [-0.15, -0.1) is 11.8 Å². The van der Waals surface area contributed by atoms with Crippen LogP contribution in [-0.2, 0) is 20.0 Å². The number of piperidine rings is 1. The highest BCUT2D eigenvalue weighted by Gasteiger charge is 2.35. The first-order valence-electron chi connectivity index (χ1n) is 8.40. The Bertz CT molecular complexity index is 514. The summed E-state index contributed by atoms with van der Waals surface area (Å²) in [6, 6.07) is 8.60. The average Bonchev–Trinajstić information content (AvgIpc) is 3.11. The van der Waals surface area contributed by atoms with Gasteiger partial charge in [0.05, 0.1) is 25.0 Å². The minimum atomic E-state index is -0.221. The van der Waals surface area contributed by atoms with Crippen LogP contribution in [0.3, 0.4) is 0 Å². The molecule has 1 unspecified atom stereocenters. The summed E-state index contributed by atoms with van der Waals surface area (Å²) >= 11 is 1.69. The molecular formula is C18H25NO3S. The Morgan fingerprint density at radius 1 is 1.22 bits per heavy atom. The van der Waals surface area contributed by atoms with Crippen molar-refractivity contribution in [3.8, 4) is 0 Å². The summed E-state index contributed by atoms with van der Waals surface area (Å²) in [7, 11) is 0. The summed E-state index contributed by atoms with van der Waals surface area (Å²) in [5, 5.41) is 0. The van der Waals surface area contributed by atoms with Crippen molar-refractivity contribution in [3.05, 3.63) is 35.4 Å². The monoisotopic (exact) mass is 335 g/mol. The van der Waals surface area contributed by atoms with Gasteiger partial charge in [-0.05, 0) is 31.7 Å². The Labute approximate surface area is 142 Å². The van der Waals surface area contributed by atoms with E-state index < -0.39 is 0 Å². The summed E-state index contributed by atoms with van der Waals surface area (Å²) in [4.78, 5) is 14.6. The number of carbonyl (C=O) groups is 1. The Morgan fingerprint density at radius 3 is 2.70 bits per heavy atom. The molecule has 0 bridgehead atoms. The summed E-state index contributed by atoms with van der Waals surface area (Å²) in [5.74, 6) is 1.61. The first-order valence-corrected chi connectivity index (χ1v) is 9.55. The number of thioether (sulfide) groups is 1. The SMILES string of the molecule is Cc1ccc(CSCC(=O)N2CCCCC2C2OCCO2)cc1. The number of nitrogens with zero attached hydrogens (tertiary/aromatic N) is 1. The second kappa shape index (κ2) is 8.18. The maximum absolute atomic E-state index is 12.6. The summed E-state index contributed by atoms with van der Waals surface area (Å²) in [6.07, 6.45) is 2.99. The number of aryl methyl sites for hydroxylation is 1. The van der Waals surface area contributed by atoms with Crippen LogP contribution in [0.15, 0.2) is 24.3 Å². The molecule has 0 aliphatic carbocycles. The zero-order chi connectivity index (χ0) is 16.1. The Hall–Kier alpha value is -1.04. The first kappa shape index (κ1) is 16.8. The van der Waals surface area contributed by atoms with Gasteiger partial charge in [0.25, 0.3) is 0 Å². The molecule has 2 saturated heterocycles.